The van der Waals surface area contributed by atoms with Crippen molar-refractivity contribution in [1.82, 2.24) is 15.0 Å². The number of nitrogens with two attached hydrogens (primary N) is 1. The van der Waals surface area contributed by atoms with Crippen LogP contribution in [0.5, 0.6) is 11.5 Å². The molecule has 0 saturated carbocycles. The van der Waals surface area contributed by atoms with Crippen molar-refractivity contribution in [3.8, 4) is 34.0 Å². The van der Waals surface area contributed by atoms with Crippen molar-refractivity contribution in [2.45, 2.75) is 0 Å². The van der Waals surface area contributed by atoms with Gasteiger partial charge in [-0.05, 0) is 30.3 Å². The highest BCUT2D eigenvalue weighted by molar-refractivity contribution is 5.80. The van der Waals surface area contributed by atoms with Gasteiger partial charge >= 0.3 is 0 Å². The molecule has 0 aliphatic carbocycles. The van der Waals surface area contributed by atoms with E-state index >= 15 is 0 Å². The zero-order valence-corrected chi connectivity index (χ0v) is 11.7. The third-order valence-corrected chi connectivity index (χ3v) is 3.49. The molecular formula is C16H14N4O2. The fourth-order valence-electron chi connectivity index (χ4n) is 2.51. The number of aromatic amines is 1. The van der Waals surface area contributed by atoms with E-state index in [4.69, 9.17) is 15.2 Å². The Morgan fingerprint density at radius 3 is 2.73 bits per heavy atom. The fraction of sp³-hybridized carbons (Fsp3) is 0.125. The summed E-state index contributed by atoms with van der Waals surface area (Å²) in [5.41, 5.74) is 9.29. The Bertz CT molecular complexity index is 814. The molecule has 0 fully saturated rings. The van der Waals surface area contributed by atoms with Crippen molar-refractivity contribution < 1.29 is 9.47 Å². The average Bonchev–Trinajstić information content (AvgIpc) is 2.97. The number of nitrogen functional groups attached to an aromatic ring is 1. The van der Waals surface area contributed by atoms with Crippen molar-refractivity contribution in [3.63, 3.8) is 0 Å². The third-order valence-electron chi connectivity index (χ3n) is 3.49. The number of benzene rings is 1. The van der Waals surface area contributed by atoms with Crippen LogP contribution in [0.3, 0.4) is 0 Å². The molecule has 3 aromatic rings. The molecule has 6 nitrogen and oxygen atoms in total. The maximum absolute atomic E-state index is 5.85. The number of ether oxygens (including phenoxy) is 2. The Morgan fingerprint density at radius 1 is 1.05 bits per heavy atom. The molecule has 2 aromatic heterocycles. The van der Waals surface area contributed by atoms with Gasteiger partial charge in [-0.25, -0.2) is 4.98 Å². The Balaban J connectivity index is 1.83. The second kappa shape index (κ2) is 5.07. The highest BCUT2D eigenvalue weighted by Crippen LogP contribution is 2.37. The first-order valence-electron chi connectivity index (χ1n) is 6.97. The number of aromatic nitrogens is 3. The number of nitrogens with zero attached hydrogens (tertiary/aromatic N) is 2. The monoisotopic (exact) mass is 294 g/mol. The number of imidazole rings is 1. The van der Waals surface area contributed by atoms with Crippen molar-refractivity contribution in [2.75, 3.05) is 18.9 Å². The number of fused-ring (bicyclic) bond motifs is 1. The van der Waals surface area contributed by atoms with Crippen LogP contribution in [0, 0.1) is 0 Å². The highest BCUT2D eigenvalue weighted by atomic mass is 16.6. The van der Waals surface area contributed by atoms with Crippen molar-refractivity contribution >= 4 is 5.95 Å². The molecule has 3 N–H and O–H groups in total. The predicted molar refractivity (Wildman–Crippen MR) is 82.7 cm³/mol. The molecule has 22 heavy (non-hydrogen) atoms. The van der Waals surface area contributed by atoms with E-state index in [2.05, 4.69) is 15.0 Å². The van der Waals surface area contributed by atoms with Crippen LogP contribution in [0.2, 0.25) is 0 Å². The molecule has 4 rings (SSSR count). The Labute approximate surface area is 126 Å². The molecule has 0 saturated heterocycles. The lowest BCUT2D eigenvalue weighted by molar-refractivity contribution is 0.171. The standard InChI is InChI=1S/C16H14N4O2/c17-16-19-14(15(20-16)11-2-1-5-18-9-11)10-3-4-12-13(8-10)22-7-6-21-12/h1-5,8-9H,6-7H2,(H3,17,19,20). The van der Waals surface area contributed by atoms with Gasteiger partial charge in [0.15, 0.2) is 17.4 Å². The van der Waals surface area contributed by atoms with Crippen LogP contribution < -0.4 is 15.2 Å². The van der Waals surface area contributed by atoms with Gasteiger partial charge in [-0.1, -0.05) is 0 Å². The number of H-pyrrole nitrogens is 1. The quantitative estimate of drug-likeness (QED) is 0.758. The second-order valence-electron chi connectivity index (χ2n) is 4.95. The van der Waals surface area contributed by atoms with Gasteiger partial charge in [0.25, 0.3) is 0 Å². The zero-order valence-electron chi connectivity index (χ0n) is 11.7. The van der Waals surface area contributed by atoms with Crippen LogP contribution in [0.15, 0.2) is 42.7 Å². The normalized spacial score (nSPS) is 13.1. The zero-order chi connectivity index (χ0) is 14.9. The molecular weight excluding hydrogens is 280 g/mol. The minimum Gasteiger partial charge on any atom is -0.486 e. The number of hydrogen-bond acceptors (Lipinski definition) is 5. The second-order valence-corrected chi connectivity index (χ2v) is 4.95. The molecule has 0 bridgehead atoms. The van der Waals surface area contributed by atoms with Gasteiger partial charge < -0.3 is 20.2 Å². The molecule has 1 aliphatic rings. The van der Waals surface area contributed by atoms with E-state index in [1.165, 1.54) is 0 Å². The van der Waals surface area contributed by atoms with E-state index in [1.54, 1.807) is 12.4 Å². The third kappa shape index (κ3) is 2.14. The Hall–Kier alpha value is -3.02. The van der Waals surface area contributed by atoms with E-state index in [1.807, 2.05) is 30.3 Å². The van der Waals surface area contributed by atoms with Crippen molar-refractivity contribution in [1.29, 1.82) is 0 Å². The summed E-state index contributed by atoms with van der Waals surface area (Å²) in [5, 5.41) is 0. The van der Waals surface area contributed by atoms with Gasteiger partial charge in [-0.15, -0.1) is 0 Å². The first kappa shape index (κ1) is 12.7. The maximum atomic E-state index is 5.85. The average molecular weight is 294 g/mol. The van der Waals surface area contributed by atoms with E-state index in [0.717, 1.165) is 34.0 Å². The number of nitrogens with one attached hydrogen (secondary N) is 1. The highest BCUT2D eigenvalue weighted by Gasteiger charge is 2.17. The lowest BCUT2D eigenvalue weighted by Crippen LogP contribution is -2.15. The molecule has 1 aliphatic heterocycles. The lowest BCUT2D eigenvalue weighted by Gasteiger charge is -2.18. The molecule has 6 heteroatoms. The van der Waals surface area contributed by atoms with Crippen LogP contribution in [-0.4, -0.2) is 28.2 Å². The summed E-state index contributed by atoms with van der Waals surface area (Å²) in [7, 11) is 0. The lowest BCUT2D eigenvalue weighted by atomic mass is 10.1. The summed E-state index contributed by atoms with van der Waals surface area (Å²) < 4.78 is 11.2. The summed E-state index contributed by atoms with van der Waals surface area (Å²) in [6, 6.07) is 9.59. The van der Waals surface area contributed by atoms with Crippen LogP contribution in [0.1, 0.15) is 0 Å². The van der Waals surface area contributed by atoms with Crippen molar-refractivity contribution in [2.24, 2.45) is 0 Å². The molecule has 0 unspecified atom stereocenters. The van der Waals surface area contributed by atoms with Crippen LogP contribution in [0.25, 0.3) is 22.5 Å². The topological polar surface area (TPSA) is 86.1 Å². The van der Waals surface area contributed by atoms with Gasteiger partial charge in [-0.3, -0.25) is 4.98 Å². The predicted octanol–water partition coefficient (Wildman–Crippen LogP) is 2.49. The molecule has 0 spiro atoms. The maximum Gasteiger partial charge on any atom is 0.198 e. The minimum absolute atomic E-state index is 0.365. The molecule has 110 valence electrons. The Morgan fingerprint density at radius 2 is 1.91 bits per heavy atom. The van der Waals surface area contributed by atoms with Gasteiger partial charge in [0.1, 0.15) is 13.2 Å². The van der Waals surface area contributed by atoms with Gasteiger partial charge in [0.2, 0.25) is 0 Å². The number of rotatable bonds is 2. The summed E-state index contributed by atoms with van der Waals surface area (Å²) in [6.45, 7) is 1.12. The number of anilines is 1. The number of hydrogen-bond donors (Lipinski definition) is 2. The van der Waals surface area contributed by atoms with Crippen molar-refractivity contribution in [3.05, 3.63) is 42.7 Å². The largest absolute Gasteiger partial charge is 0.486 e. The molecule has 0 amide bonds. The van der Waals surface area contributed by atoms with E-state index < -0.39 is 0 Å². The smallest absolute Gasteiger partial charge is 0.198 e. The molecule has 0 radical (unpaired) electrons. The minimum atomic E-state index is 0.365. The van der Waals surface area contributed by atoms with Gasteiger partial charge in [0, 0.05) is 23.5 Å². The summed E-state index contributed by atoms with van der Waals surface area (Å²) in [6.07, 6.45) is 3.50. The number of pyridine rings is 1. The van der Waals surface area contributed by atoms with Gasteiger partial charge in [-0.2, -0.15) is 0 Å². The van der Waals surface area contributed by atoms with E-state index in [0.29, 0.717) is 19.2 Å². The summed E-state index contributed by atoms with van der Waals surface area (Å²) in [4.78, 5) is 11.6. The molecule has 0 atom stereocenters. The first-order valence-corrected chi connectivity index (χ1v) is 6.97. The van der Waals surface area contributed by atoms with Crippen LogP contribution in [-0.2, 0) is 0 Å². The van der Waals surface area contributed by atoms with Gasteiger partial charge in [0.05, 0.1) is 11.4 Å². The molecule has 3 heterocycles. The SMILES string of the molecule is Nc1nc(-c2ccc3c(c2)OCCO3)c(-c2cccnc2)[nH]1. The fourth-order valence-corrected chi connectivity index (χ4v) is 2.51. The summed E-state index contributed by atoms with van der Waals surface area (Å²) >= 11 is 0. The first-order chi connectivity index (χ1) is 10.8. The van der Waals surface area contributed by atoms with E-state index in [9.17, 15) is 0 Å². The Kier molecular flexibility index (Phi) is 2.93. The summed E-state index contributed by atoms with van der Waals surface area (Å²) in [5.74, 6) is 1.84. The van der Waals surface area contributed by atoms with Crippen LogP contribution >= 0.6 is 0 Å². The van der Waals surface area contributed by atoms with E-state index in [-0.39, 0.29) is 0 Å². The van der Waals surface area contributed by atoms with Crippen LogP contribution in [0.4, 0.5) is 5.95 Å². The molecule has 1 aromatic carbocycles.